The Hall–Kier alpha value is -0.650. The van der Waals surface area contributed by atoms with E-state index in [1.807, 2.05) is 0 Å². The minimum atomic E-state index is -0.305. The fourth-order valence-corrected chi connectivity index (χ4v) is 2.49. The third kappa shape index (κ3) is 3.66. The quantitative estimate of drug-likeness (QED) is 0.704. The Balaban J connectivity index is 1.77. The Bertz CT molecular complexity index is 254. The maximum atomic E-state index is 12.0. The fourth-order valence-electron chi connectivity index (χ4n) is 2.49. The molecule has 0 radical (unpaired) electrons. The van der Waals surface area contributed by atoms with Crippen LogP contribution >= 0.6 is 0 Å². The summed E-state index contributed by atoms with van der Waals surface area (Å²) in [4.78, 5) is 14.4. The largest absolute Gasteiger partial charge is 0.366 e. The topological polar surface area (TPSA) is 53.6 Å². The average molecular weight is 241 g/mol. The van der Waals surface area contributed by atoms with Gasteiger partial charge in [0.1, 0.15) is 6.10 Å². The highest BCUT2D eigenvalue weighted by Crippen LogP contribution is 2.10. The van der Waals surface area contributed by atoms with Gasteiger partial charge >= 0.3 is 0 Å². The van der Waals surface area contributed by atoms with Crippen LogP contribution in [-0.4, -0.2) is 62.3 Å². The van der Waals surface area contributed by atoms with Gasteiger partial charge in [0.05, 0.1) is 6.61 Å². The summed E-state index contributed by atoms with van der Waals surface area (Å²) < 4.78 is 5.45. The summed E-state index contributed by atoms with van der Waals surface area (Å²) in [7, 11) is 0. The number of nitrogens with zero attached hydrogens (tertiary/aromatic N) is 1. The molecule has 2 atom stereocenters. The molecule has 1 amide bonds. The monoisotopic (exact) mass is 241 g/mol. The van der Waals surface area contributed by atoms with E-state index in [9.17, 15) is 4.79 Å². The van der Waals surface area contributed by atoms with E-state index in [1.54, 1.807) is 0 Å². The van der Waals surface area contributed by atoms with Crippen LogP contribution in [0.1, 0.15) is 19.8 Å². The van der Waals surface area contributed by atoms with Crippen LogP contribution in [0.25, 0.3) is 0 Å². The molecule has 2 unspecified atom stereocenters. The average Bonchev–Trinajstić information content (AvgIpc) is 2.40. The predicted molar refractivity (Wildman–Crippen MR) is 65.9 cm³/mol. The number of amides is 1. The molecule has 0 aromatic heterocycles. The van der Waals surface area contributed by atoms with Crippen molar-refractivity contribution in [3.8, 4) is 0 Å². The summed E-state index contributed by atoms with van der Waals surface area (Å²) in [6.45, 7) is 7.47. The summed E-state index contributed by atoms with van der Waals surface area (Å²) in [5.74, 6) is 0.0418. The van der Waals surface area contributed by atoms with E-state index < -0.39 is 0 Å². The van der Waals surface area contributed by atoms with Gasteiger partial charge in [-0.15, -0.1) is 0 Å². The maximum Gasteiger partial charge on any atom is 0.250 e. The van der Waals surface area contributed by atoms with E-state index in [0.717, 1.165) is 32.6 Å². The number of ether oxygens (including phenoxy) is 1. The van der Waals surface area contributed by atoms with Gasteiger partial charge in [-0.2, -0.15) is 0 Å². The van der Waals surface area contributed by atoms with Gasteiger partial charge in [0.25, 0.3) is 5.91 Å². The van der Waals surface area contributed by atoms with Crippen LogP contribution in [-0.2, 0) is 9.53 Å². The Morgan fingerprint density at radius 2 is 2.47 bits per heavy atom. The Labute approximate surface area is 103 Å². The third-order valence-corrected chi connectivity index (χ3v) is 3.52. The first-order valence-electron chi connectivity index (χ1n) is 6.64. The Kier molecular flexibility index (Phi) is 4.76. The van der Waals surface area contributed by atoms with Crippen LogP contribution in [0, 0.1) is 0 Å². The van der Waals surface area contributed by atoms with Crippen molar-refractivity contribution >= 4 is 5.91 Å². The van der Waals surface area contributed by atoms with E-state index in [2.05, 4.69) is 22.5 Å². The first-order valence-corrected chi connectivity index (χ1v) is 6.64. The zero-order chi connectivity index (χ0) is 12.1. The van der Waals surface area contributed by atoms with Crippen LogP contribution in [0.4, 0.5) is 0 Å². The number of rotatable bonds is 3. The van der Waals surface area contributed by atoms with Crippen molar-refractivity contribution in [2.24, 2.45) is 0 Å². The number of nitrogens with one attached hydrogen (secondary N) is 2. The van der Waals surface area contributed by atoms with Crippen LogP contribution in [0.2, 0.25) is 0 Å². The van der Waals surface area contributed by atoms with E-state index in [-0.39, 0.29) is 12.0 Å². The molecule has 2 aliphatic heterocycles. The van der Waals surface area contributed by atoms with Gasteiger partial charge < -0.3 is 20.3 Å². The van der Waals surface area contributed by atoms with Crippen molar-refractivity contribution in [3.63, 3.8) is 0 Å². The molecule has 2 heterocycles. The molecule has 2 rings (SSSR count). The van der Waals surface area contributed by atoms with Crippen LogP contribution in [0.5, 0.6) is 0 Å². The second kappa shape index (κ2) is 6.33. The Morgan fingerprint density at radius 1 is 1.59 bits per heavy atom. The molecular weight excluding hydrogens is 218 g/mol. The number of carbonyl (C=O) groups is 1. The first kappa shape index (κ1) is 12.8. The molecule has 2 saturated heterocycles. The smallest absolute Gasteiger partial charge is 0.250 e. The number of likely N-dealkylation sites (tertiary alicyclic amines) is 1. The lowest BCUT2D eigenvalue weighted by Gasteiger charge is -2.33. The van der Waals surface area contributed by atoms with Gasteiger partial charge in [-0.3, -0.25) is 4.79 Å². The molecule has 0 saturated carbocycles. The number of hydrogen-bond acceptors (Lipinski definition) is 4. The molecule has 0 aromatic carbocycles. The highest BCUT2D eigenvalue weighted by molar-refractivity contribution is 5.81. The van der Waals surface area contributed by atoms with Crippen molar-refractivity contribution < 1.29 is 9.53 Å². The lowest BCUT2D eigenvalue weighted by molar-refractivity contribution is -0.135. The molecule has 5 heteroatoms. The van der Waals surface area contributed by atoms with E-state index in [1.165, 1.54) is 6.42 Å². The van der Waals surface area contributed by atoms with Crippen LogP contribution < -0.4 is 10.6 Å². The van der Waals surface area contributed by atoms with Gasteiger partial charge in [0.2, 0.25) is 0 Å². The van der Waals surface area contributed by atoms with Gasteiger partial charge in [0, 0.05) is 25.7 Å². The van der Waals surface area contributed by atoms with E-state index in [0.29, 0.717) is 19.2 Å². The van der Waals surface area contributed by atoms with Crippen LogP contribution in [0.3, 0.4) is 0 Å². The summed E-state index contributed by atoms with van der Waals surface area (Å²) in [5, 5.41) is 6.28. The van der Waals surface area contributed by atoms with Crippen molar-refractivity contribution in [3.05, 3.63) is 0 Å². The van der Waals surface area contributed by atoms with Gasteiger partial charge in [0.15, 0.2) is 0 Å². The van der Waals surface area contributed by atoms with Gasteiger partial charge in [-0.05, 0) is 25.9 Å². The second-order valence-electron chi connectivity index (χ2n) is 4.80. The van der Waals surface area contributed by atoms with Crippen molar-refractivity contribution in [2.75, 3.05) is 39.3 Å². The molecule has 0 aliphatic carbocycles. The highest BCUT2D eigenvalue weighted by atomic mass is 16.5. The number of piperidine rings is 1. The summed E-state index contributed by atoms with van der Waals surface area (Å²) in [5.41, 5.74) is 0. The first-order chi connectivity index (χ1) is 8.29. The molecular formula is C12H23N3O2. The molecule has 0 bridgehead atoms. The van der Waals surface area contributed by atoms with E-state index >= 15 is 0 Å². The van der Waals surface area contributed by atoms with Crippen LogP contribution in [0.15, 0.2) is 0 Å². The lowest BCUT2D eigenvalue weighted by atomic mass is 10.1. The summed E-state index contributed by atoms with van der Waals surface area (Å²) in [6.07, 6.45) is 1.95. The van der Waals surface area contributed by atoms with Crippen molar-refractivity contribution in [2.45, 2.75) is 31.9 Å². The number of morpholine rings is 1. The third-order valence-electron chi connectivity index (χ3n) is 3.52. The zero-order valence-electron chi connectivity index (χ0n) is 10.6. The summed E-state index contributed by atoms with van der Waals surface area (Å²) in [6, 6.07) is 0.293. The maximum absolute atomic E-state index is 12.0. The minimum absolute atomic E-state index is 0.0418. The minimum Gasteiger partial charge on any atom is -0.366 e. The standard InChI is InChI=1S/C12H23N3O2/c1-2-15-6-3-4-10(9-15)14-12(16)11-8-13-5-7-17-11/h10-11,13H,2-9H2,1H3,(H,14,16). The zero-order valence-corrected chi connectivity index (χ0v) is 10.6. The molecule has 2 fully saturated rings. The number of carbonyl (C=O) groups excluding carboxylic acids is 1. The lowest BCUT2D eigenvalue weighted by Crippen LogP contribution is -2.54. The Morgan fingerprint density at radius 3 is 3.18 bits per heavy atom. The molecule has 0 spiro atoms. The molecule has 98 valence electrons. The molecule has 17 heavy (non-hydrogen) atoms. The van der Waals surface area contributed by atoms with Crippen molar-refractivity contribution in [1.29, 1.82) is 0 Å². The molecule has 5 nitrogen and oxygen atoms in total. The number of hydrogen-bond donors (Lipinski definition) is 2. The SMILES string of the molecule is CCN1CCCC(NC(=O)C2CNCCO2)C1. The van der Waals surface area contributed by atoms with Crippen molar-refractivity contribution in [1.82, 2.24) is 15.5 Å². The van der Waals surface area contributed by atoms with Gasteiger partial charge in [-0.25, -0.2) is 0 Å². The fraction of sp³-hybridized carbons (Fsp3) is 0.917. The summed E-state index contributed by atoms with van der Waals surface area (Å²) >= 11 is 0. The molecule has 2 N–H and O–H groups in total. The van der Waals surface area contributed by atoms with E-state index in [4.69, 9.17) is 4.74 Å². The second-order valence-corrected chi connectivity index (χ2v) is 4.80. The molecule has 0 aromatic rings. The normalized spacial score (nSPS) is 31.1. The predicted octanol–water partition coefficient (Wildman–Crippen LogP) is -0.425. The van der Waals surface area contributed by atoms with Gasteiger partial charge in [-0.1, -0.05) is 6.92 Å². The highest BCUT2D eigenvalue weighted by Gasteiger charge is 2.26. The molecule has 2 aliphatic rings. The number of likely N-dealkylation sites (N-methyl/N-ethyl adjacent to an activating group) is 1.